The molecule has 4 nitrogen and oxygen atoms in total. The minimum Gasteiger partial charge on any atom is -0.314 e. The third-order valence-electron chi connectivity index (χ3n) is 4.81. The van der Waals surface area contributed by atoms with Gasteiger partial charge in [0.25, 0.3) is 5.69 Å². The van der Waals surface area contributed by atoms with E-state index in [0.717, 1.165) is 24.4 Å². The highest BCUT2D eigenvalue weighted by Crippen LogP contribution is 2.35. The van der Waals surface area contributed by atoms with Crippen molar-refractivity contribution < 1.29 is 4.92 Å². The highest BCUT2D eigenvalue weighted by Gasteiger charge is 2.30. The monoisotopic (exact) mass is 290 g/mol. The van der Waals surface area contributed by atoms with Crippen molar-refractivity contribution in [1.29, 1.82) is 0 Å². The van der Waals surface area contributed by atoms with Crippen LogP contribution in [0.25, 0.3) is 0 Å². The Labute approximate surface area is 127 Å². The van der Waals surface area contributed by atoms with Crippen molar-refractivity contribution >= 4 is 5.69 Å². The second-order valence-electron chi connectivity index (χ2n) is 6.10. The smallest absolute Gasteiger partial charge is 0.272 e. The third kappa shape index (κ3) is 4.03. The van der Waals surface area contributed by atoms with Gasteiger partial charge in [0.1, 0.15) is 0 Å². The Balaban J connectivity index is 2.15. The van der Waals surface area contributed by atoms with Gasteiger partial charge < -0.3 is 5.32 Å². The van der Waals surface area contributed by atoms with E-state index in [9.17, 15) is 10.1 Å². The van der Waals surface area contributed by atoms with Crippen LogP contribution >= 0.6 is 0 Å². The van der Waals surface area contributed by atoms with Gasteiger partial charge in [-0.05, 0) is 44.1 Å². The van der Waals surface area contributed by atoms with Gasteiger partial charge in [0.05, 0.1) is 4.92 Å². The number of benzene rings is 1. The number of rotatable bonds is 6. The molecule has 0 bridgehead atoms. The summed E-state index contributed by atoms with van der Waals surface area (Å²) >= 11 is 0. The van der Waals surface area contributed by atoms with Crippen LogP contribution in [0.2, 0.25) is 0 Å². The molecule has 2 rings (SSSR count). The predicted octanol–water partition coefficient (Wildman–Crippen LogP) is 3.94. The van der Waals surface area contributed by atoms with Crippen LogP contribution in [-0.2, 0) is 6.42 Å². The van der Waals surface area contributed by atoms with Crippen LogP contribution in [-0.4, -0.2) is 17.5 Å². The lowest BCUT2D eigenvalue weighted by Gasteiger charge is -2.36. The number of nitrogens with one attached hydrogen (secondary N) is 1. The van der Waals surface area contributed by atoms with E-state index in [1.54, 1.807) is 12.1 Å². The van der Waals surface area contributed by atoms with Crippen molar-refractivity contribution in [1.82, 2.24) is 5.32 Å². The van der Waals surface area contributed by atoms with E-state index < -0.39 is 0 Å². The fraction of sp³-hybridized carbons (Fsp3) is 0.647. The third-order valence-corrected chi connectivity index (χ3v) is 4.81. The molecule has 0 saturated heterocycles. The summed E-state index contributed by atoms with van der Waals surface area (Å²) < 4.78 is 0. The molecule has 0 heterocycles. The maximum atomic E-state index is 11.2. The zero-order valence-corrected chi connectivity index (χ0v) is 13.0. The van der Waals surface area contributed by atoms with Gasteiger partial charge in [-0.3, -0.25) is 10.1 Å². The largest absolute Gasteiger partial charge is 0.314 e. The van der Waals surface area contributed by atoms with Gasteiger partial charge >= 0.3 is 0 Å². The molecule has 4 heteroatoms. The van der Waals surface area contributed by atoms with Gasteiger partial charge in [0, 0.05) is 17.7 Å². The fourth-order valence-corrected chi connectivity index (χ4v) is 3.63. The van der Waals surface area contributed by atoms with Gasteiger partial charge in [0.2, 0.25) is 0 Å². The zero-order chi connectivity index (χ0) is 15.2. The van der Waals surface area contributed by atoms with Crippen molar-refractivity contribution in [2.24, 2.45) is 11.8 Å². The van der Waals surface area contributed by atoms with Crippen LogP contribution in [0.15, 0.2) is 24.3 Å². The average Bonchev–Trinajstić information content (AvgIpc) is 2.49. The minimum absolute atomic E-state index is 0.252. The average molecular weight is 290 g/mol. The van der Waals surface area contributed by atoms with Gasteiger partial charge in [-0.2, -0.15) is 0 Å². The number of nitro benzene ring substituents is 1. The molecule has 1 saturated carbocycles. The van der Waals surface area contributed by atoms with Crippen LogP contribution in [0.4, 0.5) is 5.69 Å². The number of nitro groups is 1. The predicted molar refractivity (Wildman–Crippen MR) is 85.4 cm³/mol. The van der Waals surface area contributed by atoms with Crippen LogP contribution in [0, 0.1) is 22.0 Å². The lowest BCUT2D eigenvalue weighted by Crippen LogP contribution is -2.41. The van der Waals surface area contributed by atoms with Crippen molar-refractivity contribution in [2.75, 3.05) is 6.54 Å². The minimum atomic E-state index is -0.252. The van der Waals surface area contributed by atoms with Crippen molar-refractivity contribution in [3.63, 3.8) is 0 Å². The molecular formula is C17H26N2O2. The normalized spacial score (nSPS) is 25.7. The van der Waals surface area contributed by atoms with Crippen LogP contribution < -0.4 is 5.32 Å². The Morgan fingerprint density at radius 2 is 2.05 bits per heavy atom. The molecule has 116 valence electrons. The molecule has 1 aliphatic carbocycles. The lowest BCUT2D eigenvalue weighted by atomic mass is 9.74. The molecule has 0 spiro atoms. The Morgan fingerprint density at radius 3 is 2.71 bits per heavy atom. The molecular weight excluding hydrogens is 264 g/mol. The Morgan fingerprint density at radius 1 is 1.29 bits per heavy atom. The summed E-state index contributed by atoms with van der Waals surface area (Å²) in [6.45, 7) is 5.35. The highest BCUT2D eigenvalue weighted by molar-refractivity contribution is 5.40. The highest BCUT2D eigenvalue weighted by atomic mass is 16.6. The summed E-state index contributed by atoms with van der Waals surface area (Å²) in [6.07, 6.45) is 5.68. The summed E-state index contributed by atoms with van der Waals surface area (Å²) in [5.74, 6) is 1.28. The van der Waals surface area contributed by atoms with E-state index in [1.165, 1.54) is 25.7 Å². The fourth-order valence-electron chi connectivity index (χ4n) is 3.63. The first-order valence-electron chi connectivity index (χ1n) is 8.11. The summed E-state index contributed by atoms with van der Waals surface area (Å²) in [4.78, 5) is 10.9. The molecule has 0 amide bonds. The SMILES string of the molecule is CCNC1CCC(CC)CC1Cc1ccccc1[N+](=O)[O-]. The molecule has 0 aliphatic heterocycles. The summed E-state index contributed by atoms with van der Waals surface area (Å²) in [5.41, 5.74) is 1.15. The number of hydrogen-bond donors (Lipinski definition) is 1. The van der Waals surface area contributed by atoms with Gasteiger partial charge in [0.15, 0.2) is 0 Å². The van der Waals surface area contributed by atoms with Crippen molar-refractivity contribution in [3.05, 3.63) is 39.9 Å². The van der Waals surface area contributed by atoms with Gasteiger partial charge in [-0.25, -0.2) is 0 Å². The first kappa shape index (κ1) is 16.0. The standard InChI is InChI=1S/C17H26N2O2/c1-3-13-9-10-16(18-4-2)15(11-13)12-14-7-5-6-8-17(14)19(20)21/h5-8,13,15-16,18H,3-4,9-12H2,1-2H3. The van der Waals surface area contributed by atoms with Gasteiger partial charge in [-0.15, -0.1) is 0 Å². The first-order valence-corrected chi connectivity index (χ1v) is 8.11. The summed E-state index contributed by atoms with van der Waals surface area (Å²) in [6, 6.07) is 7.69. The summed E-state index contributed by atoms with van der Waals surface area (Å²) in [7, 11) is 0. The zero-order valence-electron chi connectivity index (χ0n) is 13.0. The quantitative estimate of drug-likeness (QED) is 0.637. The van der Waals surface area contributed by atoms with E-state index in [4.69, 9.17) is 0 Å². The first-order chi connectivity index (χ1) is 10.2. The summed E-state index contributed by atoms with van der Waals surface area (Å²) in [5, 5.41) is 14.8. The molecule has 1 aromatic rings. The number of para-hydroxylation sites is 1. The van der Waals surface area contributed by atoms with E-state index in [-0.39, 0.29) is 10.6 Å². The van der Waals surface area contributed by atoms with E-state index >= 15 is 0 Å². The second-order valence-corrected chi connectivity index (χ2v) is 6.10. The van der Waals surface area contributed by atoms with Crippen molar-refractivity contribution in [2.45, 2.75) is 52.0 Å². The lowest BCUT2D eigenvalue weighted by molar-refractivity contribution is -0.385. The molecule has 3 atom stereocenters. The Bertz CT molecular complexity index is 476. The van der Waals surface area contributed by atoms with Gasteiger partial charge in [-0.1, -0.05) is 38.5 Å². The van der Waals surface area contributed by atoms with Crippen LogP contribution in [0.3, 0.4) is 0 Å². The molecule has 3 unspecified atom stereocenters. The number of nitrogens with zero attached hydrogens (tertiary/aromatic N) is 1. The van der Waals surface area contributed by atoms with Crippen molar-refractivity contribution in [3.8, 4) is 0 Å². The van der Waals surface area contributed by atoms with E-state index in [0.29, 0.717) is 12.0 Å². The molecule has 1 fully saturated rings. The van der Waals surface area contributed by atoms with E-state index in [2.05, 4.69) is 19.2 Å². The topological polar surface area (TPSA) is 55.2 Å². The van der Waals surface area contributed by atoms with Crippen LogP contribution in [0.5, 0.6) is 0 Å². The Kier molecular flexibility index (Phi) is 5.74. The molecule has 1 N–H and O–H groups in total. The van der Waals surface area contributed by atoms with E-state index in [1.807, 2.05) is 12.1 Å². The molecule has 0 aromatic heterocycles. The van der Waals surface area contributed by atoms with Crippen LogP contribution in [0.1, 0.15) is 45.1 Å². The molecule has 21 heavy (non-hydrogen) atoms. The Hall–Kier alpha value is -1.42. The second kappa shape index (κ2) is 7.55. The molecule has 1 aliphatic rings. The maximum absolute atomic E-state index is 11.2. The molecule has 0 radical (unpaired) electrons. The maximum Gasteiger partial charge on any atom is 0.272 e. The number of hydrogen-bond acceptors (Lipinski definition) is 3. The molecule has 1 aromatic carbocycles.